The minimum atomic E-state index is -0.452. The van der Waals surface area contributed by atoms with Gasteiger partial charge in [0.2, 0.25) is 0 Å². The zero-order valence-corrected chi connectivity index (χ0v) is 11.0. The number of hydrogen-bond donors (Lipinski definition) is 3. The molecule has 1 aliphatic rings. The van der Waals surface area contributed by atoms with Gasteiger partial charge in [0.15, 0.2) is 0 Å². The average Bonchev–Trinajstić information content (AvgIpc) is 2.98. The van der Waals surface area contributed by atoms with Crippen LogP contribution in [0, 0.1) is 0 Å². The van der Waals surface area contributed by atoms with Crippen LogP contribution >= 0.6 is 0 Å². The van der Waals surface area contributed by atoms with E-state index < -0.39 is 11.8 Å². The van der Waals surface area contributed by atoms with E-state index in [-0.39, 0.29) is 22.9 Å². The summed E-state index contributed by atoms with van der Waals surface area (Å²) < 4.78 is 0. The van der Waals surface area contributed by atoms with E-state index in [2.05, 4.69) is 15.5 Å². The van der Waals surface area contributed by atoms with Gasteiger partial charge in [-0.1, -0.05) is 0 Å². The number of nitrogens with two attached hydrogens (primary N) is 1. The fourth-order valence-corrected chi connectivity index (χ4v) is 2.11. The summed E-state index contributed by atoms with van der Waals surface area (Å²) in [6, 6.07) is 4.53. The number of carbonyl (C=O) groups is 3. The molecule has 0 bridgehead atoms. The van der Waals surface area contributed by atoms with Gasteiger partial charge in [-0.25, -0.2) is 0 Å². The quantitative estimate of drug-likeness (QED) is 0.692. The molecule has 8 heteroatoms. The molecule has 0 atom stereocenters. The Morgan fingerprint density at radius 2 is 2.00 bits per heavy atom. The van der Waals surface area contributed by atoms with Crippen molar-refractivity contribution in [2.75, 3.05) is 18.1 Å². The van der Waals surface area contributed by atoms with Gasteiger partial charge >= 0.3 is 0 Å². The van der Waals surface area contributed by atoms with Crippen LogP contribution in [-0.4, -0.2) is 39.9 Å². The van der Waals surface area contributed by atoms with E-state index >= 15 is 0 Å². The maximum atomic E-state index is 12.0. The summed E-state index contributed by atoms with van der Waals surface area (Å²) in [6.07, 6.45) is 1.31. The van der Waals surface area contributed by atoms with Crippen LogP contribution in [0.25, 0.3) is 0 Å². The van der Waals surface area contributed by atoms with Gasteiger partial charge in [-0.15, -0.1) is 0 Å². The molecule has 106 valence electrons. The number of anilines is 2. The number of fused-ring (bicyclic) bond motifs is 1. The van der Waals surface area contributed by atoms with Crippen molar-refractivity contribution in [2.24, 2.45) is 0 Å². The van der Waals surface area contributed by atoms with Gasteiger partial charge in [0.1, 0.15) is 11.4 Å². The summed E-state index contributed by atoms with van der Waals surface area (Å²) >= 11 is 0. The zero-order chi connectivity index (χ0) is 15.1. The van der Waals surface area contributed by atoms with Crippen molar-refractivity contribution in [3.05, 3.63) is 41.1 Å². The maximum Gasteiger partial charge on any atom is 0.261 e. The monoisotopic (exact) mass is 285 g/mol. The third-order valence-electron chi connectivity index (χ3n) is 3.26. The van der Waals surface area contributed by atoms with Crippen molar-refractivity contribution >= 4 is 29.2 Å². The number of hydrogen-bond acceptors (Lipinski definition) is 5. The van der Waals surface area contributed by atoms with Gasteiger partial charge in [0.05, 0.1) is 17.3 Å². The second kappa shape index (κ2) is 4.44. The van der Waals surface area contributed by atoms with Crippen LogP contribution in [0.15, 0.2) is 24.4 Å². The molecule has 0 saturated heterocycles. The SMILES string of the molecule is CN1C(=O)c2ccc(NC(=O)c3cn[nH]c3N)cc2C1=O. The molecule has 0 spiro atoms. The highest BCUT2D eigenvalue weighted by molar-refractivity contribution is 6.21. The number of carbonyl (C=O) groups excluding carboxylic acids is 3. The summed E-state index contributed by atoms with van der Waals surface area (Å²) in [7, 11) is 1.41. The van der Waals surface area contributed by atoms with Crippen LogP contribution in [-0.2, 0) is 0 Å². The molecular weight excluding hydrogens is 274 g/mol. The van der Waals surface area contributed by atoms with Crippen LogP contribution in [0.1, 0.15) is 31.1 Å². The van der Waals surface area contributed by atoms with E-state index in [9.17, 15) is 14.4 Å². The number of nitrogen functional groups attached to an aromatic ring is 1. The van der Waals surface area contributed by atoms with Gasteiger partial charge in [-0.05, 0) is 18.2 Å². The molecule has 1 aromatic carbocycles. The second-order valence-electron chi connectivity index (χ2n) is 4.58. The minimum Gasteiger partial charge on any atom is -0.383 e. The Morgan fingerprint density at radius 3 is 2.67 bits per heavy atom. The third-order valence-corrected chi connectivity index (χ3v) is 3.26. The van der Waals surface area contributed by atoms with Gasteiger partial charge in [0.25, 0.3) is 17.7 Å². The second-order valence-corrected chi connectivity index (χ2v) is 4.58. The first kappa shape index (κ1) is 12.9. The van der Waals surface area contributed by atoms with E-state index in [1.165, 1.54) is 25.4 Å². The zero-order valence-electron chi connectivity index (χ0n) is 11.0. The topological polar surface area (TPSA) is 121 Å². The molecule has 0 aliphatic carbocycles. The fraction of sp³-hybridized carbons (Fsp3) is 0.0769. The van der Waals surface area contributed by atoms with Gasteiger partial charge in [-0.2, -0.15) is 5.10 Å². The molecule has 3 amide bonds. The van der Waals surface area contributed by atoms with Crippen molar-refractivity contribution in [3.63, 3.8) is 0 Å². The third kappa shape index (κ3) is 1.93. The number of aromatic nitrogens is 2. The lowest BCUT2D eigenvalue weighted by Gasteiger charge is -2.05. The molecular formula is C13H11N5O3. The van der Waals surface area contributed by atoms with Crippen molar-refractivity contribution in [1.29, 1.82) is 0 Å². The predicted molar refractivity (Wildman–Crippen MR) is 73.8 cm³/mol. The van der Waals surface area contributed by atoms with Crippen LogP contribution < -0.4 is 11.1 Å². The lowest BCUT2D eigenvalue weighted by Crippen LogP contribution is -2.24. The normalized spacial score (nSPS) is 13.5. The number of nitrogens with one attached hydrogen (secondary N) is 2. The largest absolute Gasteiger partial charge is 0.383 e. The van der Waals surface area contributed by atoms with Crippen LogP contribution in [0.3, 0.4) is 0 Å². The molecule has 0 radical (unpaired) electrons. The molecule has 3 rings (SSSR count). The van der Waals surface area contributed by atoms with Crippen molar-refractivity contribution in [1.82, 2.24) is 15.1 Å². The van der Waals surface area contributed by atoms with Crippen molar-refractivity contribution in [2.45, 2.75) is 0 Å². The summed E-state index contributed by atoms with van der Waals surface area (Å²) in [5.74, 6) is -1.05. The first-order chi connectivity index (χ1) is 9.99. The molecule has 2 aromatic rings. The highest BCUT2D eigenvalue weighted by atomic mass is 16.2. The number of H-pyrrole nitrogens is 1. The average molecular weight is 285 g/mol. The lowest BCUT2D eigenvalue weighted by atomic mass is 10.1. The van der Waals surface area contributed by atoms with E-state index in [0.717, 1.165) is 4.90 Å². The number of aromatic amines is 1. The number of nitrogens with zero attached hydrogens (tertiary/aromatic N) is 2. The number of imide groups is 1. The molecule has 1 aliphatic heterocycles. The van der Waals surface area contributed by atoms with Crippen LogP contribution in [0.4, 0.5) is 11.5 Å². The molecule has 4 N–H and O–H groups in total. The summed E-state index contributed by atoms with van der Waals surface area (Å²) in [5, 5.41) is 8.72. The highest BCUT2D eigenvalue weighted by Crippen LogP contribution is 2.25. The Bertz CT molecular complexity index is 780. The smallest absolute Gasteiger partial charge is 0.261 e. The van der Waals surface area contributed by atoms with Gasteiger partial charge < -0.3 is 11.1 Å². The van der Waals surface area contributed by atoms with E-state index in [4.69, 9.17) is 5.73 Å². The first-order valence-corrected chi connectivity index (χ1v) is 6.05. The molecule has 2 heterocycles. The standard InChI is InChI=1S/C13H11N5O3/c1-18-12(20)7-3-2-6(4-8(7)13(18)21)16-11(19)9-5-15-17-10(9)14/h2-5H,1H3,(H,16,19)(H3,14,15,17). The predicted octanol–water partition coefficient (Wildman–Crippen LogP) is 0.470. The Kier molecular flexibility index (Phi) is 2.72. The van der Waals surface area contributed by atoms with Crippen molar-refractivity contribution in [3.8, 4) is 0 Å². The summed E-state index contributed by atoms with van der Waals surface area (Å²) in [4.78, 5) is 36.7. The first-order valence-electron chi connectivity index (χ1n) is 6.05. The molecule has 1 aromatic heterocycles. The Balaban J connectivity index is 1.89. The fourth-order valence-electron chi connectivity index (χ4n) is 2.11. The molecule has 8 nitrogen and oxygen atoms in total. The summed E-state index contributed by atoms with van der Waals surface area (Å²) in [6.45, 7) is 0. The molecule has 21 heavy (non-hydrogen) atoms. The Labute approximate surface area is 118 Å². The lowest BCUT2D eigenvalue weighted by molar-refractivity contribution is 0.0692. The number of rotatable bonds is 2. The van der Waals surface area contributed by atoms with E-state index in [1.54, 1.807) is 6.07 Å². The molecule has 0 unspecified atom stereocenters. The maximum absolute atomic E-state index is 12.0. The highest BCUT2D eigenvalue weighted by Gasteiger charge is 2.32. The van der Waals surface area contributed by atoms with Gasteiger partial charge in [0, 0.05) is 12.7 Å². The van der Waals surface area contributed by atoms with E-state index in [0.29, 0.717) is 11.3 Å². The minimum absolute atomic E-state index is 0.152. The Morgan fingerprint density at radius 1 is 1.29 bits per heavy atom. The van der Waals surface area contributed by atoms with E-state index in [1.807, 2.05) is 0 Å². The Hall–Kier alpha value is -3.16. The van der Waals surface area contributed by atoms with Crippen molar-refractivity contribution < 1.29 is 14.4 Å². The molecule has 0 saturated carbocycles. The number of amides is 3. The molecule has 0 fully saturated rings. The van der Waals surface area contributed by atoms with Crippen LogP contribution in [0.2, 0.25) is 0 Å². The summed E-state index contributed by atoms with van der Waals surface area (Å²) in [5.41, 5.74) is 6.75. The van der Waals surface area contributed by atoms with Gasteiger partial charge in [-0.3, -0.25) is 24.4 Å². The van der Waals surface area contributed by atoms with Crippen LogP contribution in [0.5, 0.6) is 0 Å². The number of benzene rings is 1.